The van der Waals surface area contributed by atoms with Gasteiger partial charge in [-0.15, -0.1) is 0 Å². The van der Waals surface area contributed by atoms with E-state index in [1.54, 1.807) is 19.5 Å². The zero-order chi connectivity index (χ0) is 21.0. The fourth-order valence-corrected chi connectivity index (χ4v) is 3.89. The molecule has 0 aliphatic heterocycles. The average Bonchev–Trinajstić information content (AvgIpc) is 3.46. The number of hydrogen-bond donors (Lipinski definition) is 0. The first-order valence-corrected chi connectivity index (χ1v) is 10.0. The Kier molecular flexibility index (Phi) is 5.33. The molecule has 1 aliphatic rings. The largest absolute Gasteiger partial charge is 0.486 e. The summed E-state index contributed by atoms with van der Waals surface area (Å²) in [6.07, 6.45) is 7.17. The Morgan fingerprint density at radius 3 is 2.68 bits per heavy atom. The van der Waals surface area contributed by atoms with E-state index in [0.717, 1.165) is 29.7 Å². The molecule has 0 amide bonds. The lowest BCUT2D eigenvalue weighted by atomic mass is 9.99. The Morgan fingerprint density at radius 2 is 1.87 bits per heavy atom. The van der Waals surface area contributed by atoms with Gasteiger partial charge in [-0.05, 0) is 59.0 Å². The number of rotatable bonds is 7. The third-order valence-electron chi connectivity index (χ3n) is 5.32. The lowest BCUT2D eigenvalue weighted by Gasteiger charge is -2.16. The van der Waals surface area contributed by atoms with Crippen molar-refractivity contribution < 1.29 is 18.7 Å². The van der Waals surface area contributed by atoms with Crippen LogP contribution in [-0.2, 0) is 11.2 Å². The highest BCUT2D eigenvalue weighted by Crippen LogP contribution is 2.40. The van der Waals surface area contributed by atoms with Gasteiger partial charge in [0.2, 0.25) is 0 Å². The van der Waals surface area contributed by atoms with Gasteiger partial charge in [-0.2, -0.15) is 0 Å². The van der Waals surface area contributed by atoms with Gasteiger partial charge < -0.3 is 18.7 Å². The van der Waals surface area contributed by atoms with Crippen LogP contribution in [0.4, 0.5) is 0 Å². The maximum absolute atomic E-state index is 6.32. The van der Waals surface area contributed by atoms with Crippen LogP contribution >= 0.6 is 0 Å². The molecule has 0 saturated carbocycles. The van der Waals surface area contributed by atoms with Crippen molar-refractivity contribution in [3.05, 3.63) is 78.4 Å². The minimum absolute atomic E-state index is 0.0183. The second-order valence-corrected chi connectivity index (χ2v) is 7.25. The molecule has 0 saturated heterocycles. The van der Waals surface area contributed by atoms with Crippen LogP contribution in [0.2, 0.25) is 0 Å². The summed E-state index contributed by atoms with van der Waals surface area (Å²) in [5.41, 5.74) is 5.64. The van der Waals surface area contributed by atoms with Crippen LogP contribution in [0, 0.1) is 0 Å². The Bertz CT molecular complexity index is 1160. The van der Waals surface area contributed by atoms with Gasteiger partial charge in [0.25, 0.3) is 5.88 Å². The lowest BCUT2D eigenvalue weighted by Crippen LogP contribution is -2.03. The number of ether oxygens (including phenoxy) is 3. The van der Waals surface area contributed by atoms with E-state index in [1.165, 1.54) is 16.7 Å². The van der Waals surface area contributed by atoms with Gasteiger partial charge in [-0.3, -0.25) is 0 Å². The van der Waals surface area contributed by atoms with Crippen LogP contribution in [-0.4, -0.2) is 29.0 Å². The van der Waals surface area contributed by atoms with Crippen LogP contribution in [0.15, 0.2) is 71.8 Å². The van der Waals surface area contributed by atoms with E-state index >= 15 is 0 Å². The molecule has 0 N–H and O–H groups in total. The smallest absolute Gasteiger partial charge is 0.256 e. The van der Waals surface area contributed by atoms with E-state index < -0.39 is 0 Å². The summed E-state index contributed by atoms with van der Waals surface area (Å²) >= 11 is 0. The Balaban J connectivity index is 1.32. The summed E-state index contributed by atoms with van der Waals surface area (Å²) in [6.45, 7) is 0.126. The van der Waals surface area contributed by atoms with Crippen molar-refractivity contribution in [2.75, 3.05) is 13.9 Å². The minimum atomic E-state index is 0.0183. The van der Waals surface area contributed by atoms with Gasteiger partial charge in [-0.25, -0.2) is 9.97 Å². The van der Waals surface area contributed by atoms with Gasteiger partial charge in [0.15, 0.2) is 12.6 Å². The highest BCUT2D eigenvalue weighted by molar-refractivity contribution is 5.68. The van der Waals surface area contributed by atoms with Crippen LogP contribution in [0.25, 0.3) is 22.5 Å². The molecule has 156 valence electrons. The third-order valence-corrected chi connectivity index (χ3v) is 5.32. The molecular formula is C24H21N3O4. The number of nitrogens with zero attached hydrogens (tertiary/aromatic N) is 3. The van der Waals surface area contributed by atoms with Gasteiger partial charge >= 0.3 is 0 Å². The molecule has 31 heavy (non-hydrogen) atoms. The highest BCUT2D eigenvalue weighted by atomic mass is 16.7. The van der Waals surface area contributed by atoms with E-state index in [4.69, 9.17) is 18.7 Å². The topological polar surface area (TPSA) is 79.5 Å². The number of methoxy groups -OCH3 is 1. The monoisotopic (exact) mass is 415 g/mol. The summed E-state index contributed by atoms with van der Waals surface area (Å²) in [7, 11) is 1.55. The van der Waals surface area contributed by atoms with E-state index in [9.17, 15) is 0 Å². The van der Waals surface area contributed by atoms with Gasteiger partial charge in [-0.1, -0.05) is 18.2 Å². The number of benzene rings is 2. The van der Waals surface area contributed by atoms with E-state index in [-0.39, 0.29) is 12.9 Å². The standard InChI is InChI=1S/C24H21N3O4/c1-28-15-29-24-11-23(31-27-24)16-5-7-18(8-6-16)30-22-10-9-20-19(3-2-4-21(20)22)17-12-25-14-26-13-17/h2-8,11-14,22H,9-10,15H2,1H3. The normalized spacial score (nSPS) is 14.9. The fraction of sp³-hybridized carbons (Fsp3) is 0.208. The molecule has 7 nitrogen and oxygen atoms in total. The quantitative estimate of drug-likeness (QED) is 0.399. The van der Waals surface area contributed by atoms with Gasteiger partial charge in [0.1, 0.15) is 18.2 Å². The van der Waals surface area contributed by atoms with Crippen LogP contribution in [0.5, 0.6) is 11.6 Å². The number of hydrogen-bond acceptors (Lipinski definition) is 7. The molecule has 2 aromatic carbocycles. The molecule has 0 fully saturated rings. The van der Waals surface area contributed by atoms with Crippen LogP contribution < -0.4 is 9.47 Å². The molecular weight excluding hydrogens is 394 g/mol. The van der Waals surface area contributed by atoms with Crippen molar-refractivity contribution in [1.29, 1.82) is 0 Å². The summed E-state index contributed by atoms with van der Waals surface area (Å²) in [5, 5.41) is 3.88. The summed E-state index contributed by atoms with van der Waals surface area (Å²) in [6, 6.07) is 15.9. The Labute approximate surface area is 179 Å². The molecule has 0 spiro atoms. The van der Waals surface area contributed by atoms with Crippen LogP contribution in [0.3, 0.4) is 0 Å². The first-order chi connectivity index (χ1) is 15.3. The van der Waals surface area contributed by atoms with E-state index in [2.05, 4.69) is 33.3 Å². The lowest BCUT2D eigenvalue weighted by molar-refractivity contribution is 0.0453. The molecule has 0 radical (unpaired) electrons. The van der Waals surface area contributed by atoms with Crippen LogP contribution in [0.1, 0.15) is 23.7 Å². The minimum Gasteiger partial charge on any atom is -0.486 e. The maximum Gasteiger partial charge on any atom is 0.256 e. The fourth-order valence-electron chi connectivity index (χ4n) is 3.89. The second kappa shape index (κ2) is 8.57. The van der Waals surface area contributed by atoms with E-state index in [1.807, 2.05) is 36.7 Å². The van der Waals surface area contributed by atoms with Crippen molar-refractivity contribution in [2.24, 2.45) is 0 Å². The molecule has 5 rings (SSSR count). The summed E-state index contributed by atoms with van der Waals surface area (Å²) in [4.78, 5) is 8.31. The molecule has 0 bridgehead atoms. The third kappa shape index (κ3) is 4.00. The molecule has 1 aliphatic carbocycles. The predicted molar refractivity (Wildman–Crippen MR) is 114 cm³/mol. The highest BCUT2D eigenvalue weighted by Gasteiger charge is 2.26. The Hall–Kier alpha value is -3.71. The predicted octanol–water partition coefficient (Wildman–Crippen LogP) is 4.85. The first kappa shape index (κ1) is 19.3. The molecule has 1 unspecified atom stereocenters. The zero-order valence-corrected chi connectivity index (χ0v) is 17.0. The number of fused-ring (bicyclic) bond motifs is 1. The van der Waals surface area contributed by atoms with Gasteiger partial charge in [0.05, 0.1) is 0 Å². The second-order valence-electron chi connectivity index (χ2n) is 7.25. The molecule has 2 heterocycles. The zero-order valence-electron chi connectivity index (χ0n) is 17.0. The summed E-state index contributed by atoms with van der Waals surface area (Å²) in [5.74, 6) is 1.82. The molecule has 7 heteroatoms. The average molecular weight is 415 g/mol. The first-order valence-electron chi connectivity index (χ1n) is 10.0. The van der Waals surface area contributed by atoms with Gasteiger partial charge in [0, 0.05) is 36.7 Å². The van der Waals surface area contributed by atoms with Crippen molar-refractivity contribution >= 4 is 0 Å². The van der Waals surface area contributed by atoms with E-state index in [0.29, 0.717) is 11.6 Å². The molecule has 4 aromatic rings. The summed E-state index contributed by atoms with van der Waals surface area (Å²) < 4.78 is 21.8. The SMILES string of the molecule is COCOc1cc(-c2ccc(OC3CCc4c(-c5cncnc5)cccc43)cc2)on1. The van der Waals surface area contributed by atoms with Crippen molar-refractivity contribution in [2.45, 2.75) is 18.9 Å². The van der Waals surface area contributed by atoms with Crippen molar-refractivity contribution in [3.63, 3.8) is 0 Å². The molecule has 1 atom stereocenters. The van der Waals surface area contributed by atoms with Crippen molar-refractivity contribution in [1.82, 2.24) is 15.1 Å². The number of aromatic nitrogens is 3. The maximum atomic E-state index is 6.32. The Morgan fingerprint density at radius 1 is 1.03 bits per heavy atom. The molecule has 2 aromatic heterocycles. The van der Waals surface area contributed by atoms with Crippen molar-refractivity contribution in [3.8, 4) is 34.1 Å².